The average molecular weight is 389 g/mol. The van der Waals surface area contributed by atoms with Crippen LogP contribution in [-0.4, -0.2) is 29.8 Å². The standard InChI is InChI=1S/C21H25FN2O2S/c1-14(2)19(18-6-4-12-27-18)23-20(25)16-5-3-11-24(13-16)21(26)15-7-9-17(22)10-8-15/h4,6-10,12,14,16,19H,3,5,11,13H2,1-2H3,(H,23,25). The number of halogens is 1. The van der Waals surface area contributed by atoms with E-state index in [-0.39, 0.29) is 35.5 Å². The number of rotatable bonds is 5. The van der Waals surface area contributed by atoms with Crippen LogP contribution in [0.1, 0.15) is 48.0 Å². The molecule has 1 aliphatic rings. The van der Waals surface area contributed by atoms with Gasteiger partial charge in [0.25, 0.3) is 5.91 Å². The summed E-state index contributed by atoms with van der Waals surface area (Å²) in [5, 5.41) is 5.19. The van der Waals surface area contributed by atoms with Crippen LogP contribution in [0.2, 0.25) is 0 Å². The number of amides is 2. The van der Waals surface area contributed by atoms with Crippen molar-refractivity contribution in [1.29, 1.82) is 0 Å². The first kappa shape index (κ1) is 19.5. The van der Waals surface area contributed by atoms with Gasteiger partial charge < -0.3 is 10.2 Å². The second-order valence-corrected chi connectivity index (χ2v) is 8.32. The molecular weight excluding hydrogens is 363 g/mol. The molecule has 2 heterocycles. The van der Waals surface area contributed by atoms with Crippen LogP contribution >= 0.6 is 11.3 Å². The van der Waals surface area contributed by atoms with Gasteiger partial charge >= 0.3 is 0 Å². The van der Waals surface area contributed by atoms with Crippen molar-refractivity contribution >= 4 is 23.2 Å². The smallest absolute Gasteiger partial charge is 0.253 e. The number of nitrogens with zero attached hydrogens (tertiary/aromatic N) is 1. The summed E-state index contributed by atoms with van der Waals surface area (Å²) in [5.41, 5.74) is 0.455. The number of hydrogen-bond acceptors (Lipinski definition) is 3. The molecule has 1 aromatic heterocycles. The van der Waals surface area contributed by atoms with Crippen molar-refractivity contribution in [3.8, 4) is 0 Å². The van der Waals surface area contributed by atoms with Gasteiger partial charge in [-0.25, -0.2) is 4.39 Å². The molecule has 1 fully saturated rings. The maximum atomic E-state index is 13.1. The molecule has 6 heteroatoms. The fourth-order valence-electron chi connectivity index (χ4n) is 3.46. The van der Waals surface area contributed by atoms with Gasteiger partial charge in [0.2, 0.25) is 5.91 Å². The maximum Gasteiger partial charge on any atom is 0.253 e. The Morgan fingerprint density at radius 3 is 2.59 bits per heavy atom. The van der Waals surface area contributed by atoms with Crippen LogP contribution in [-0.2, 0) is 4.79 Å². The monoisotopic (exact) mass is 388 g/mol. The molecule has 1 N–H and O–H groups in total. The highest BCUT2D eigenvalue weighted by Crippen LogP contribution is 2.27. The van der Waals surface area contributed by atoms with Crippen molar-refractivity contribution in [1.82, 2.24) is 10.2 Å². The second-order valence-electron chi connectivity index (χ2n) is 7.34. The molecule has 3 rings (SSSR count). The van der Waals surface area contributed by atoms with Crippen molar-refractivity contribution in [2.75, 3.05) is 13.1 Å². The zero-order valence-corrected chi connectivity index (χ0v) is 16.5. The summed E-state index contributed by atoms with van der Waals surface area (Å²) < 4.78 is 13.1. The van der Waals surface area contributed by atoms with Crippen molar-refractivity contribution in [2.45, 2.75) is 32.7 Å². The lowest BCUT2D eigenvalue weighted by Crippen LogP contribution is -2.46. The average Bonchev–Trinajstić information content (AvgIpc) is 3.20. The molecule has 0 spiro atoms. The molecule has 0 bridgehead atoms. The van der Waals surface area contributed by atoms with Crippen LogP contribution < -0.4 is 5.32 Å². The van der Waals surface area contributed by atoms with Crippen molar-refractivity contribution in [3.63, 3.8) is 0 Å². The van der Waals surface area contributed by atoms with Gasteiger partial charge in [0.05, 0.1) is 12.0 Å². The Hall–Kier alpha value is -2.21. The van der Waals surface area contributed by atoms with Crippen molar-refractivity contribution < 1.29 is 14.0 Å². The number of nitrogens with one attached hydrogen (secondary N) is 1. The Bertz CT molecular complexity index is 774. The molecule has 1 aromatic carbocycles. The van der Waals surface area contributed by atoms with E-state index in [1.165, 1.54) is 24.3 Å². The van der Waals surface area contributed by atoms with E-state index in [9.17, 15) is 14.0 Å². The zero-order chi connectivity index (χ0) is 19.4. The molecule has 1 aliphatic heterocycles. The summed E-state index contributed by atoms with van der Waals surface area (Å²) in [7, 11) is 0. The Morgan fingerprint density at radius 2 is 1.96 bits per heavy atom. The molecule has 0 saturated carbocycles. The summed E-state index contributed by atoms with van der Waals surface area (Å²) >= 11 is 1.64. The van der Waals surface area contributed by atoms with E-state index in [0.717, 1.165) is 17.7 Å². The Kier molecular flexibility index (Phi) is 6.26. The first-order valence-electron chi connectivity index (χ1n) is 9.34. The van der Waals surface area contributed by atoms with Crippen LogP contribution in [0, 0.1) is 17.7 Å². The van der Waals surface area contributed by atoms with E-state index in [4.69, 9.17) is 0 Å². The third-order valence-corrected chi connectivity index (χ3v) is 5.94. The highest BCUT2D eigenvalue weighted by molar-refractivity contribution is 7.10. The lowest BCUT2D eigenvalue weighted by Gasteiger charge is -2.33. The van der Waals surface area contributed by atoms with Crippen LogP contribution in [0.5, 0.6) is 0 Å². The molecule has 27 heavy (non-hydrogen) atoms. The first-order chi connectivity index (χ1) is 13.0. The molecule has 0 aliphatic carbocycles. The van der Waals surface area contributed by atoms with Gasteiger partial charge in [-0.15, -0.1) is 11.3 Å². The van der Waals surface area contributed by atoms with Gasteiger partial charge in [-0.1, -0.05) is 19.9 Å². The minimum atomic E-state index is -0.365. The van der Waals surface area contributed by atoms with Crippen molar-refractivity contribution in [3.05, 3.63) is 58.0 Å². The van der Waals surface area contributed by atoms with Gasteiger partial charge in [-0.3, -0.25) is 9.59 Å². The van der Waals surface area contributed by atoms with Crippen LogP contribution in [0.3, 0.4) is 0 Å². The predicted molar refractivity (Wildman–Crippen MR) is 105 cm³/mol. The lowest BCUT2D eigenvalue weighted by molar-refractivity contribution is -0.127. The number of carbonyl (C=O) groups is 2. The third kappa shape index (κ3) is 4.75. The summed E-state index contributed by atoms with van der Waals surface area (Å²) in [6.07, 6.45) is 1.56. The first-order valence-corrected chi connectivity index (χ1v) is 10.2. The molecule has 2 amide bonds. The van der Waals surface area contributed by atoms with Crippen LogP contribution in [0.15, 0.2) is 41.8 Å². The Balaban J connectivity index is 1.65. The summed E-state index contributed by atoms with van der Waals surface area (Å²) in [6, 6.07) is 9.58. The number of likely N-dealkylation sites (tertiary alicyclic amines) is 1. The van der Waals surface area contributed by atoms with E-state index in [1.54, 1.807) is 16.2 Å². The summed E-state index contributed by atoms with van der Waals surface area (Å²) in [4.78, 5) is 28.4. The largest absolute Gasteiger partial charge is 0.348 e. The normalized spacial score (nSPS) is 18.4. The number of thiophene rings is 1. The van der Waals surface area contributed by atoms with E-state index >= 15 is 0 Å². The molecule has 1 saturated heterocycles. The molecule has 144 valence electrons. The number of piperidine rings is 1. The van der Waals surface area contributed by atoms with E-state index < -0.39 is 0 Å². The molecule has 2 atom stereocenters. The summed E-state index contributed by atoms with van der Waals surface area (Å²) in [5.74, 6) is -0.446. The highest BCUT2D eigenvalue weighted by atomic mass is 32.1. The molecule has 0 radical (unpaired) electrons. The lowest BCUT2D eigenvalue weighted by atomic mass is 9.94. The molecule has 4 nitrogen and oxygen atoms in total. The van der Waals surface area contributed by atoms with E-state index in [0.29, 0.717) is 18.7 Å². The SMILES string of the molecule is CC(C)C(NC(=O)C1CCCN(C(=O)c2ccc(F)cc2)C1)c1cccs1. The topological polar surface area (TPSA) is 49.4 Å². The molecule has 2 aromatic rings. The summed E-state index contributed by atoms with van der Waals surface area (Å²) in [6.45, 7) is 5.21. The number of hydrogen-bond donors (Lipinski definition) is 1. The van der Waals surface area contributed by atoms with Gasteiger partial charge in [-0.2, -0.15) is 0 Å². The fourth-order valence-corrected chi connectivity index (χ4v) is 4.41. The second kappa shape index (κ2) is 8.65. The minimum absolute atomic E-state index is 0.00120. The Morgan fingerprint density at radius 1 is 1.22 bits per heavy atom. The highest BCUT2D eigenvalue weighted by Gasteiger charge is 2.31. The fraction of sp³-hybridized carbons (Fsp3) is 0.429. The minimum Gasteiger partial charge on any atom is -0.348 e. The van der Waals surface area contributed by atoms with Crippen LogP contribution in [0.4, 0.5) is 4.39 Å². The van der Waals surface area contributed by atoms with Gasteiger partial charge in [0.1, 0.15) is 5.82 Å². The zero-order valence-electron chi connectivity index (χ0n) is 15.7. The predicted octanol–water partition coefficient (Wildman–Crippen LogP) is 4.25. The molecular formula is C21H25FN2O2S. The molecule has 2 unspecified atom stereocenters. The van der Waals surface area contributed by atoms with Crippen LogP contribution in [0.25, 0.3) is 0 Å². The van der Waals surface area contributed by atoms with Crippen molar-refractivity contribution in [2.24, 2.45) is 11.8 Å². The van der Waals surface area contributed by atoms with E-state index in [1.807, 2.05) is 17.5 Å². The van der Waals surface area contributed by atoms with Gasteiger partial charge in [0.15, 0.2) is 0 Å². The van der Waals surface area contributed by atoms with Gasteiger partial charge in [0, 0.05) is 23.5 Å². The number of benzene rings is 1. The van der Waals surface area contributed by atoms with E-state index in [2.05, 4.69) is 19.2 Å². The third-order valence-electron chi connectivity index (χ3n) is 4.98. The van der Waals surface area contributed by atoms with Gasteiger partial charge in [-0.05, 0) is 54.5 Å². The Labute approximate surface area is 163 Å². The number of carbonyl (C=O) groups excluding carboxylic acids is 2. The quantitative estimate of drug-likeness (QED) is 0.832. The maximum absolute atomic E-state index is 13.1.